The number of amides is 1. The van der Waals surface area contributed by atoms with Crippen molar-refractivity contribution in [1.82, 2.24) is 23.3 Å². The molecule has 0 atom stereocenters. The first-order valence-corrected chi connectivity index (χ1v) is 12.9. The Morgan fingerprint density at radius 1 is 1.03 bits per heavy atom. The maximum Gasteiger partial charge on any atom is 0.282 e. The predicted octanol–water partition coefficient (Wildman–Crippen LogP) is 2.60. The molecule has 8 nitrogen and oxygen atoms in total. The van der Waals surface area contributed by atoms with Crippen molar-refractivity contribution in [2.75, 3.05) is 39.3 Å². The first-order chi connectivity index (χ1) is 15.7. The normalized spacial score (nSPS) is 15.6. The summed E-state index contributed by atoms with van der Waals surface area (Å²) in [6.45, 7) is 12.6. The first-order valence-electron chi connectivity index (χ1n) is 11.5. The van der Waals surface area contributed by atoms with E-state index in [1.165, 1.54) is 19.7 Å². The van der Waals surface area contributed by atoms with E-state index < -0.39 is 10.2 Å². The molecule has 3 rings (SSSR count). The maximum absolute atomic E-state index is 12.8. The smallest absolute Gasteiger partial charge is 0.282 e. The van der Waals surface area contributed by atoms with Crippen molar-refractivity contribution in [3.63, 3.8) is 0 Å². The van der Waals surface area contributed by atoms with Gasteiger partial charge in [-0.25, -0.2) is 0 Å². The lowest BCUT2D eigenvalue weighted by Gasteiger charge is -2.35. The fourth-order valence-electron chi connectivity index (χ4n) is 4.08. The molecule has 1 saturated heterocycles. The van der Waals surface area contributed by atoms with E-state index >= 15 is 0 Å². The number of benzene rings is 1. The van der Waals surface area contributed by atoms with Crippen LogP contribution in [0, 0.1) is 20.8 Å². The van der Waals surface area contributed by atoms with Gasteiger partial charge in [0.1, 0.15) is 0 Å². The summed E-state index contributed by atoms with van der Waals surface area (Å²) in [5.41, 5.74) is 5.22. The number of aryl methyl sites for hydroxylation is 2. The summed E-state index contributed by atoms with van der Waals surface area (Å²) in [7, 11) is -3.47. The second-order valence-electron chi connectivity index (χ2n) is 8.38. The van der Waals surface area contributed by atoms with Crippen LogP contribution in [0.25, 0.3) is 6.08 Å². The molecular formula is C24H35N5O3S. The molecular weight excluding hydrogens is 438 g/mol. The van der Waals surface area contributed by atoms with Gasteiger partial charge in [0.25, 0.3) is 10.2 Å². The van der Waals surface area contributed by atoms with E-state index in [-0.39, 0.29) is 5.91 Å². The number of carbonyl (C=O) groups is 1. The highest BCUT2D eigenvalue weighted by Gasteiger charge is 2.31. The number of nitrogens with zero attached hydrogens (tertiary/aromatic N) is 5. The number of rotatable bonds is 8. The van der Waals surface area contributed by atoms with Gasteiger partial charge in [-0.2, -0.15) is 22.1 Å². The van der Waals surface area contributed by atoms with Gasteiger partial charge in [-0.05, 0) is 32.4 Å². The molecule has 33 heavy (non-hydrogen) atoms. The molecule has 1 aromatic heterocycles. The quantitative estimate of drug-likeness (QED) is 0.552. The third kappa shape index (κ3) is 5.72. The molecule has 0 saturated carbocycles. The van der Waals surface area contributed by atoms with E-state index in [0.29, 0.717) is 45.8 Å². The summed E-state index contributed by atoms with van der Waals surface area (Å²) in [5, 5.41) is 4.65. The zero-order valence-electron chi connectivity index (χ0n) is 20.3. The van der Waals surface area contributed by atoms with E-state index in [9.17, 15) is 13.2 Å². The fraction of sp³-hybridized carbons (Fsp3) is 0.500. The third-order valence-electron chi connectivity index (χ3n) is 6.19. The molecule has 0 spiro atoms. The molecule has 0 aliphatic carbocycles. The third-order valence-corrected chi connectivity index (χ3v) is 8.38. The van der Waals surface area contributed by atoms with Crippen molar-refractivity contribution in [3.8, 4) is 0 Å². The summed E-state index contributed by atoms with van der Waals surface area (Å²) in [6.07, 6.45) is 3.40. The van der Waals surface area contributed by atoms with Crippen molar-refractivity contribution in [2.24, 2.45) is 0 Å². The van der Waals surface area contributed by atoms with E-state index in [1.54, 1.807) is 11.0 Å². The van der Waals surface area contributed by atoms with Crippen LogP contribution in [0.3, 0.4) is 0 Å². The van der Waals surface area contributed by atoms with Crippen molar-refractivity contribution >= 4 is 22.2 Å². The number of hydrogen-bond donors (Lipinski definition) is 0. The summed E-state index contributed by atoms with van der Waals surface area (Å²) in [5.74, 6) is -0.111. The number of hydrogen-bond acceptors (Lipinski definition) is 4. The van der Waals surface area contributed by atoms with Crippen LogP contribution in [0.1, 0.15) is 41.9 Å². The van der Waals surface area contributed by atoms with Crippen LogP contribution in [0.4, 0.5) is 0 Å². The Morgan fingerprint density at radius 3 is 2.21 bits per heavy atom. The number of aromatic nitrogens is 2. The van der Waals surface area contributed by atoms with Crippen LogP contribution in [0.2, 0.25) is 0 Å². The standard InChI is InChI=1S/C24H35N5O3S/c1-6-27(7-2)33(31,32)28-16-14-26(15-17-28)24(30)13-12-23-20(4)25-29(21(23)5)18-22-10-8-19(3)9-11-22/h8-13H,6-7,14-18H2,1-5H3. The van der Waals surface area contributed by atoms with Gasteiger partial charge in [0.15, 0.2) is 0 Å². The van der Waals surface area contributed by atoms with Gasteiger partial charge >= 0.3 is 0 Å². The average molecular weight is 474 g/mol. The van der Waals surface area contributed by atoms with Gasteiger partial charge in [-0.15, -0.1) is 0 Å². The predicted molar refractivity (Wildman–Crippen MR) is 131 cm³/mol. The Hall–Kier alpha value is -2.49. The van der Waals surface area contributed by atoms with Crippen molar-refractivity contribution in [1.29, 1.82) is 0 Å². The van der Waals surface area contributed by atoms with Crippen LogP contribution in [-0.2, 0) is 21.5 Å². The topological polar surface area (TPSA) is 78.8 Å². The van der Waals surface area contributed by atoms with Crippen LogP contribution < -0.4 is 0 Å². The highest BCUT2D eigenvalue weighted by Crippen LogP contribution is 2.18. The molecule has 1 amide bonds. The lowest BCUT2D eigenvalue weighted by atomic mass is 10.1. The minimum Gasteiger partial charge on any atom is -0.337 e. The highest BCUT2D eigenvalue weighted by atomic mass is 32.2. The second-order valence-corrected chi connectivity index (χ2v) is 10.3. The van der Waals surface area contributed by atoms with E-state index in [2.05, 4.69) is 36.3 Å². The highest BCUT2D eigenvalue weighted by molar-refractivity contribution is 7.86. The molecule has 0 radical (unpaired) electrons. The van der Waals surface area contributed by atoms with E-state index in [1.807, 2.05) is 38.5 Å². The van der Waals surface area contributed by atoms with Crippen LogP contribution in [0.15, 0.2) is 30.3 Å². The molecule has 1 aromatic carbocycles. The zero-order valence-corrected chi connectivity index (χ0v) is 21.1. The lowest BCUT2D eigenvalue weighted by Crippen LogP contribution is -2.53. The Labute approximate surface area is 197 Å². The van der Waals surface area contributed by atoms with E-state index in [4.69, 9.17) is 0 Å². The van der Waals surface area contributed by atoms with Gasteiger partial charge < -0.3 is 4.90 Å². The van der Waals surface area contributed by atoms with Gasteiger partial charge in [-0.3, -0.25) is 9.48 Å². The summed E-state index contributed by atoms with van der Waals surface area (Å²) >= 11 is 0. The van der Waals surface area contributed by atoms with E-state index in [0.717, 1.165) is 17.0 Å². The molecule has 180 valence electrons. The number of carbonyl (C=O) groups excluding carboxylic acids is 1. The Bertz CT molecular complexity index is 1090. The molecule has 0 bridgehead atoms. The van der Waals surface area contributed by atoms with Crippen LogP contribution in [-0.4, -0.2) is 76.9 Å². The van der Waals surface area contributed by atoms with Crippen LogP contribution in [0.5, 0.6) is 0 Å². The van der Waals surface area contributed by atoms with Crippen LogP contribution >= 0.6 is 0 Å². The van der Waals surface area contributed by atoms with Crippen molar-refractivity contribution in [3.05, 3.63) is 58.4 Å². The Kier molecular flexibility index (Phi) is 8.10. The minimum atomic E-state index is -3.47. The summed E-state index contributed by atoms with van der Waals surface area (Å²) in [6, 6.07) is 8.39. The second kappa shape index (κ2) is 10.6. The van der Waals surface area contributed by atoms with Gasteiger partial charge in [0.05, 0.1) is 12.2 Å². The molecule has 2 aromatic rings. The monoisotopic (exact) mass is 473 g/mol. The van der Waals surface area contributed by atoms with Crippen molar-refractivity contribution in [2.45, 2.75) is 41.2 Å². The summed E-state index contributed by atoms with van der Waals surface area (Å²) in [4.78, 5) is 14.5. The zero-order chi connectivity index (χ0) is 24.2. The molecule has 0 unspecified atom stereocenters. The molecule has 0 N–H and O–H groups in total. The maximum atomic E-state index is 12.8. The lowest BCUT2D eigenvalue weighted by molar-refractivity contribution is -0.127. The molecule has 1 aliphatic heterocycles. The summed E-state index contributed by atoms with van der Waals surface area (Å²) < 4.78 is 30.2. The minimum absolute atomic E-state index is 0.111. The first kappa shape index (κ1) is 25.1. The largest absolute Gasteiger partial charge is 0.337 e. The van der Waals surface area contributed by atoms with Gasteiger partial charge in [-0.1, -0.05) is 43.7 Å². The Morgan fingerprint density at radius 2 is 1.64 bits per heavy atom. The Balaban J connectivity index is 1.63. The number of piperazine rings is 1. The molecule has 9 heteroatoms. The average Bonchev–Trinajstić information content (AvgIpc) is 3.06. The van der Waals surface area contributed by atoms with Crippen molar-refractivity contribution < 1.29 is 13.2 Å². The van der Waals surface area contributed by atoms with Gasteiger partial charge in [0.2, 0.25) is 5.91 Å². The molecule has 1 fully saturated rings. The van der Waals surface area contributed by atoms with Gasteiger partial charge in [0, 0.05) is 56.6 Å². The molecule has 1 aliphatic rings. The SMILES string of the molecule is CCN(CC)S(=O)(=O)N1CCN(C(=O)C=Cc2c(C)nn(Cc3ccc(C)cc3)c2C)CC1. The molecule has 2 heterocycles. The fourth-order valence-corrected chi connectivity index (χ4v) is 5.69.